The van der Waals surface area contributed by atoms with Gasteiger partial charge in [-0.3, -0.25) is 9.59 Å². The van der Waals surface area contributed by atoms with Crippen LogP contribution in [0, 0.1) is 5.92 Å². The Morgan fingerprint density at radius 2 is 1.48 bits per heavy atom. The first-order chi connectivity index (χ1) is 19.2. The third kappa shape index (κ3) is 9.04. The highest BCUT2D eigenvalue weighted by molar-refractivity contribution is 5.91. The molecule has 0 aliphatic rings. The molecule has 0 fully saturated rings. The van der Waals surface area contributed by atoms with E-state index < -0.39 is 24.0 Å². The number of nitrogens with zero attached hydrogens (tertiary/aromatic N) is 3. The minimum atomic E-state index is -0.881. The molecule has 3 rings (SSSR count). The van der Waals surface area contributed by atoms with Gasteiger partial charge in [-0.1, -0.05) is 56.3 Å². The Morgan fingerprint density at radius 3 is 2.10 bits per heavy atom. The van der Waals surface area contributed by atoms with Gasteiger partial charge in [0.15, 0.2) is 0 Å². The number of methoxy groups -OCH3 is 1. The summed E-state index contributed by atoms with van der Waals surface area (Å²) < 4.78 is 4.85. The zero-order valence-electron chi connectivity index (χ0n) is 23.6. The van der Waals surface area contributed by atoms with E-state index >= 15 is 0 Å². The molecule has 0 heterocycles. The van der Waals surface area contributed by atoms with E-state index in [1.807, 2.05) is 106 Å². The van der Waals surface area contributed by atoms with E-state index in [4.69, 9.17) is 4.74 Å². The summed E-state index contributed by atoms with van der Waals surface area (Å²) in [5.74, 6) is -1.51. The summed E-state index contributed by atoms with van der Waals surface area (Å²) in [5.41, 5.74) is 4.00. The highest BCUT2D eigenvalue weighted by atomic mass is 16.5. The number of anilines is 1. The summed E-state index contributed by atoms with van der Waals surface area (Å²) in [7, 11) is 5.22. The average Bonchev–Trinajstić information content (AvgIpc) is 2.94. The molecule has 3 aromatic carbocycles. The van der Waals surface area contributed by atoms with Gasteiger partial charge >= 0.3 is 5.97 Å². The van der Waals surface area contributed by atoms with Crippen molar-refractivity contribution in [2.75, 3.05) is 26.1 Å². The van der Waals surface area contributed by atoms with Crippen LogP contribution in [0.1, 0.15) is 25.0 Å². The summed E-state index contributed by atoms with van der Waals surface area (Å²) in [4.78, 5) is 40.5. The second-order valence-corrected chi connectivity index (χ2v) is 10.0. The quantitative estimate of drug-likeness (QED) is 0.253. The summed E-state index contributed by atoms with van der Waals surface area (Å²) in [6.07, 6.45) is 0.315. The third-order valence-corrected chi connectivity index (χ3v) is 6.28. The first-order valence-corrected chi connectivity index (χ1v) is 13.2. The largest absolute Gasteiger partial charge is 0.467 e. The standard InChI is InChI=1S/C31H37N5O4/c1-21(2)29(31(39)40-5)33-30(38)27(19-22-10-7-6-8-11-22)32-28(37)20-23-12-9-13-25(18-23)35-34-24-14-16-26(17-15-24)36(3)4/h6-18,21,27,29H,19-20H2,1-5H3,(H,32,37)(H,33,38). The fraction of sp³-hybridized carbons (Fsp3) is 0.323. The van der Waals surface area contributed by atoms with Crippen molar-refractivity contribution in [3.8, 4) is 0 Å². The van der Waals surface area contributed by atoms with E-state index in [1.165, 1.54) is 7.11 Å². The molecular formula is C31H37N5O4. The number of esters is 1. The lowest BCUT2D eigenvalue weighted by Gasteiger charge is -2.24. The number of azo groups is 1. The van der Waals surface area contributed by atoms with Crippen LogP contribution >= 0.6 is 0 Å². The molecule has 2 unspecified atom stereocenters. The van der Waals surface area contributed by atoms with Crippen molar-refractivity contribution in [3.05, 3.63) is 90.0 Å². The first-order valence-electron chi connectivity index (χ1n) is 13.2. The van der Waals surface area contributed by atoms with E-state index in [2.05, 4.69) is 20.9 Å². The Bertz CT molecular complexity index is 1310. The van der Waals surface area contributed by atoms with Crippen LogP contribution in [0.25, 0.3) is 0 Å². The molecule has 40 heavy (non-hydrogen) atoms. The van der Waals surface area contributed by atoms with Crippen LogP contribution in [0.4, 0.5) is 17.1 Å². The minimum absolute atomic E-state index is 0.0457. The Kier molecular flexibility index (Phi) is 10.9. The first kappa shape index (κ1) is 30.0. The number of hydrogen-bond acceptors (Lipinski definition) is 7. The summed E-state index contributed by atoms with van der Waals surface area (Å²) in [6.45, 7) is 3.63. The van der Waals surface area contributed by atoms with Crippen molar-refractivity contribution in [2.45, 2.75) is 38.8 Å². The van der Waals surface area contributed by atoms with Crippen LogP contribution in [0.2, 0.25) is 0 Å². The number of rotatable bonds is 12. The van der Waals surface area contributed by atoms with Gasteiger partial charge in [0.1, 0.15) is 12.1 Å². The van der Waals surface area contributed by atoms with E-state index in [1.54, 1.807) is 6.07 Å². The summed E-state index contributed by atoms with van der Waals surface area (Å²) in [5, 5.41) is 14.2. The van der Waals surface area contributed by atoms with Gasteiger partial charge in [-0.05, 0) is 53.4 Å². The van der Waals surface area contributed by atoms with Gasteiger partial charge in [-0.2, -0.15) is 10.2 Å². The van der Waals surface area contributed by atoms with Crippen molar-refractivity contribution in [3.63, 3.8) is 0 Å². The predicted octanol–water partition coefficient (Wildman–Crippen LogP) is 4.75. The molecule has 9 nitrogen and oxygen atoms in total. The zero-order chi connectivity index (χ0) is 29.1. The highest BCUT2D eigenvalue weighted by Gasteiger charge is 2.29. The van der Waals surface area contributed by atoms with Gasteiger partial charge in [0.05, 0.1) is 24.9 Å². The maximum absolute atomic E-state index is 13.2. The maximum atomic E-state index is 13.2. The van der Waals surface area contributed by atoms with Crippen molar-refractivity contribution in [1.82, 2.24) is 10.6 Å². The molecule has 0 radical (unpaired) electrons. The van der Waals surface area contributed by atoms with Crippen LogP contribution in [-0.2, 0) is 32.0 Å². The lowest BCUT2D eigenvalue weighted by atomic mass is 10.0. The Hall–Kier alpha value is -4.53. The molecular weight excluding hydrogens is 506 g/mol. The van der Waals surface area contributed by atoms with Gasteiger partial charge < -0.3 is 20.3 Å². The number of ether oxygens (including phenoxy) is 1. The number of hydrogen-bond donors (Lipinski definition) is 2. The zero-order valence-corrected chi connectivity index (χ0v) is 23.6. The molecule has 0 spiro atoms. The smallest absolute Gasteiger partial charge is 0.328 e. The van der Waals surface area contributed by atoms with E-state index in [0.29, 0.717) is 5.69 Å². The van der Waals surface area contributed by atoms with Gasteiger partial charge in [0.25, 0.3) is 0 Å². The second-order valence-electron chi connectivity index (χ2n) is 10.0. The lowest BCUT2D eigenvalue weighted by molar-refractivity contribution is -0.146. The van der Waals surface area contributed by atoms with E-state index in [-0.39, 0.29) is 24.7 Å². The summed E-state index contributed by atoms with van der Waals surface area (Å²) in [6, 6.07) is 22.6. The average molecular weight is 544 g/mol. The monoisotopic (exact) mass is 543 g/mol. The van der Waals surface area contributed by atoms with E-state index in [9.17, 15) is 14.4 Å². The second kappa shape index (κ2) is 14.6. The Labute approximate surface area is 235 Å². The highest BCUT2D eigenvalue weighted by Crippen LogP contribution is 2.22. The molecule has 0 saturated carbocycles. The minimum Gasteiger partial charge on any atom is -0.467 e. The Balaban J connectivity index is 1.70. The molecule has 0 saturated heterocycles. The lowest BCUT2D eigenvalue weighted by Crippen LogP contribution is -2.54. The molecule has 2 N–H and O–H groups in total. The molecule has 0 aromatic heterocycles. The molecule has 3 aromatic rings. The molecule has 0 bridgehead atoms. The van der Waals surface area contributed by atoms with Gasteiger partial charge in [-0.15, -0.1) is 0 Å². The molecule has 210 valence electrons. The van der Waals surface area contributed by atoms with Crippen molar-refractivity contribution in [1.29, 1.82) is 0 Å². The number of nitrogens with one attached hydrogen (secondary N) is 2. The normalized spacial score (nSPS) is 12.6. The van der Waals surface area contributed by atoms with E-state index in [0.717, 1.165) is 22.5 Å². The van der Waals surface area contributed by atoms with Gasteiger partial charge in [-0.25, -0.2) is 4.79 Å². The molecule has 9 heteroatoms. The number of carbonyl (C=O) groups is 3. The number of amides is 2. The van der Waals surface area contributed by atoms with Gasteiger partial charge in [0.2, 0.25) is 11.8 Å². The van der Waals surface area contributed by atoms with Crippen molar-refractivity contribution < 1.29 is 19.1 Å². The topological polar surface area (TPSA) is 112 Å². The fourth-order valence-electron chi connectivity index (χ4n) is 4.03. The fourth-order valence-corrected chi connectivity index (χ4v) is 4.03. The number of carbonyl (C=O) groups excluding carboxylic acids is 3. The molecule has 2 atom stereocenters. The number of benzene rings is 3. The predicted molar refractivity (Wildman–Crippen MR) is 156 cm³/mol. The van der Waals surface area contributed by atoms with Crippen LogP contribution in [0.15, 0.2) is 89.1 Å². The summed E-state index contributed by atoms with van der Waals surface area (Å²) >= 11 is 0. The third-order valence-electron chi connectivity index (χ3n) is 6.28. The van der Waals surface area contributed by atoms with Crippen LogP contribution in [0.5, 0.6) is 0 Å². The molecule has 0 aliphatic heterocycles. The van der Waals surface area contributed by atoms with Gasteiger partial charge in [0, 0.05) is 26.2 Å². The van der Waals surface area contributed by atoms with Crippen LogP contribution in [-0.4, -0.2) is 51.1 Å². The Morgan fingerprint density at radius 1 is 0.825 bits per heavy atom. The molecule has 2 amide bonds. The van der Waals surface area contributed by atoms with Crippen molar-refractivity contribution >= 4 is 34.8 Å². The SMILES string of the molecule is COC(=O)C(NC(=O)C(Cc1ccccc1)NC(=O)Cc1cccc(N=Nc2ccc(N(C)C)cc2)c1)C(C)C. The van der Waals surface area contributed by atoms with Crippen LogP contribution < -0.4 is 15.5 Å². The van der Waals surface area contributed by atoms with Crippen molar-refractivity contribution in [2.24, 2.45) is 16.1 Å². The molecule has 0 aliphatic carbocycles. The van der Waals surface area contributed by atoms with Crippen LogP contribution in [0.3, 0.4) is 0 Å². The maximum Gasteiger partial charge on any atom is 0.328 e.